The molecule has 2 aliphatic rings. The van der Waals surface area contributed by atoms with Crippen molar-refractivity contribution in [3.8, 4) is 0 Å². The number of hydrogen-bond acceptors (Lipinski definition) is 3. The summed E-state index contributed by atoms with van der Waals surface area (Å²) in [6, 6.07) is 1.32. The Kier molecular flexibility index (Phi) is 5.46. The van der Waals surface area contributed by atoms with Crippen molar-refractivity contribution >= 4 is 0 Å². The molecule has 1 atom stereocenters. The molecule has 0 radical (unpaired) electrons. The van der Waals surface area contributed by atoms with Gasteiger partial charge in [-0.25, -0.2) is 0 Å². The predicted molar refractivity (Wildman–Crippen MR) is 75.6 cm³/mol. The van der Waals surface area contributed by atoms with E-state index in [-0.39, 0.29) is 0 Å². The van der Waals surface area contributed by atoms with Crippen molar-refractivity contribution in [2.75, 3.05) is 26.8 Å². The van der Waals surface area contributed by atoms with Gasteiger partial charge >= 0.3 is 0 Å². The zero-order valence-corrected chi connectivity index (χ0v) is 12.1. The molecule has 2 N–H and O–H groups in total. The molecule has 106 valence electrons. The van der Waals surface area contributed by atoms with Crippen LogP contribution in [0.5, 0.6) is 0 Å². The zero-order chi connectivity index (χ0) is 13.0. The van der Waals surface area contributed by atoms with Crippen LogP contribution >= 0.6 is 0 Å². The van der Waals surface area contributed by atoms with Gasteiger partial charge in [0, 0.05) is 31.8 Å². The molecule has 3 heteroatoms. The van der Waals surface area contributed by atoms with Crippen LogP contribution in [0.4, 0.5) is 0 Å². The van der Waals surface area contributed by atoms with Gasteiger partial charge in [0.2, 0.25) is 0 Å². The fraction of sp³-hybridized carbons (Fsp3) is 1.00. The highest BCUT2D eigenvalue weighted by atomic mass is 16.5. The van der Waals surface area contributed by atoms with E-state index in [2.05, 4.69) is 18.9 Å². The van der Waals surface area contributed by atoms with Gasteiger partial charge in [-0.3, -0.25) is 4.90 Å². The van der Waals surface area contributed by atoms with E-state index in [1.807, 2.05) is 0 Å². The number of rotatable bonds is 4. The minimum atomic E-state index is 0.562. The first-order valence-corrected chi connectivity index (χ1v) is 7.72. The minimum absolute atomic E-state index is 0.562. The normalized spacial score (nSPS) is 32.7. The fourth-order valence-corrected chi connectivity index (χ4v) is 3.71. The average Bonchev–Trinajstić information content (AvgIpc) is 2.41. The Morgan fingerprint density at radius 1 is 1.11 bits per heavy atom. The van der Waals surface area contributed by atoms with E-state index in [0.29, 0.717) is 6.04 Å². The van der Waals surface area contributed by atoms with E-state index in [1.54, 1.807) is 0 Å². The first-order chi connectivity index (χ1) is 8.72. The molecule has 1 aliphatic carbocycles. The number of likely N-dealkylation sites (N-methyl/N-ethyl adjacent to an activating group) is 1. The van der Waals surface area contributed by atoms with Gasteiger partial charge in [-0.15, -0.1) is 0 Å². The number of hydrogen-bond donors (Lipinski definition) is 1. The van der Waals surface area contributed by atoms with Crippen LogP contribution in [0.3, 0.4) is 0 Å². The van der Waals surface area contributed by atoms with Crippen molar-refractivity contribution < 1.29 is 4.74 Å². The molecule has 1 unspecified atom stereocenters. The van der Waals surface area contributed by atoms with Gasteiger partial charge in [0.05, 0.1) is 0 Å². The van der Waals surface area contributed by atoms with E-state index in [0.717, 1.165) is 37.6 Å². The van der Waals surface area contributed by atoms with Gasteiger partial charge in [-0.05, 0) is 57.4 Å². The lowest BCUT2D eigenvalue weighted by Crippen LogP contribution is -2.50. The standard InChI is InChI=1S/C15H30N2O/c1-12-3-5-14(6-4-12)17(2)15(11-16)13-7-9-18-10-8-13/h12-15H,3-11,16H2,1-2H3. The van der Waals surface area contributed by atoms with Gasteiger partial charge in [-0.2, -0.15) is 0 Å². The topological polar surface area (TPSA) is 38.5 Å². The molecule has 0 amide bonds. The molecule has 1 saturated carbocycles. The maximum atomic E-state index is 6.06. The van der Waals surface area contributed by atoms with E-state index in [9.17, 15) is 0 Å². The lowest BCUT2D eigenvalue weighted by Gasteiger charge is -2.42. The Morgan fingerprint density at radius 3 is 2.28 bits per heavy atom. The molecular formula is C15H30N2O. The second-order valence-electron chi connectivity index (χ2n) is 6.33. The van der Waals surface area contributed by atoms with E-state index in [4.69, 9.17) is 10.5 Å². The summed E-state index contributed by atoms with van der Waals surface area (Å²) in [5.41, 5.74) is 6.06. The summed E-state index contributed by atoms with van der Waals surface area (Å²) in [5, 5.41) is 0. The third kappa shape index (κ3) is 3.46. The van der Waals surface area contributed by atoms with Crippen molar-refractivity contribution in [3.05, 3.63) is 0 Å². The van der Waals surface area contributed by atoms with E-state index < -0.39 is 0 Å². The van der Waals surface area contributed by atoms with Crippen LogP contribution in [0.15, 0.2) is 0 Å². The smallest absolute Gasteiger partial charge is 0.0469 e. The SMILES string of the molecule is CC1CCC(N(C)C(CN)C2CCOCC2)CC1. The molecule has 0 bridgehead atoms. The van der Waals surface area contributed by atoms with Crippen LogP contribution in [0, 0.1) is 11.8 Å². The van der Waals surface area contributed by atoms with Gasteiger partial charge in [-0.1, -0.05) is 6.92 Å². The minimum Gasteiger partial charge on any atom is -0.381 e. The monoisotopic (exact) mass is 254 g/mol. The first kappa shape index (κ1) is 14.3. The average molecular weight is 254 g/mol. The van der Waals surface area contributed by atoms with Crippen molar-refractivity contribution in [3.63, 3.8) is 0 Å². The molecule has 0 aromatic rings. The van der Waals surface area contributed by atoms with Crippen LogP contribution in [0.1, 0.15) is 45.4 Å². The van der Waals surface area contributed by atoms with Crippen LogP contribution in [-0.4, -0.2) is 43.8 Å². The number of nitrogens with zero attached hydrogens (tertiary/aromatic N) is 1. The second-order valence-corrected chi connectivity index (χ2v) is 6.33. The second kappa shape index (κ2) is 6.88. The fourth-order valence-electron chi connectivity index (χ4n) is 3.71. The van der Waals surface area contributed by atoms with Crippen molar-refractivity contribution in [2.24, 2.45) is 17.6 Å². The summed E-state index contributed by atoms with van der Waals surface area (Å²) in [6.07, 6.45) is 7.87. The molecule has 1 aliphatic heterocycles. The highest BCUT2D eigenvalue weighted by molar-refractivity contribution is 4.86. The van der Waals surface area contributed by atoms with Crippen LogP contribution in [0.2, 0.25) is 0 Å². The molecule has 3 nitrogen and oxygen atoms in total. The third-order valence-corrected chi connectivity index (χ3v) is 5.14. The summed E-state index contributed by atoms with van der Waals surface area (Å²) < 4.78 is 5.47. The van der Waals surface area contributed by atoms with Crippen LogP contribution < -0.4 is 5.73 Å². The lowest BCUT2D eigenvalue weighted by atomic mass is 9.84. The molecule has 0 aromatic heterocycles. The largest absolute Gasteiger partial charge is 0.381 e. The summed E-state index contributed by atoms with van der Waals surface area (Å²) in [6.45, 7) is 5.04. The first-order valence-electron chi connectivity index (χ1n) is 7.72. The molecule has 1 saturated heterocycles. The van der Waals surface area contributed by atoms with Crippen molar-refractivity contribution in [1.29, 1.82) is 0 Å². The Morgan fingerprint density at radius 2 is 1.72 bits per heavy atom. The summed E-state index contributed by atoms with van der Waals surface area (Å²) in [7, 11) is 2.30. The van der Waals surface area contributed by atoms with Crippen molar-refractivity contribution in [2.45, 2.75) is 57.5 Å². The molecule has 0 spiro atoms. The molecule has 18 heavy (non-hydrogen) atoms. The highest BCUT2D eigenvalue weighted by Crippen LogP contribution is 2.30. The Balaban J connectivity index is 1.89. The predicted octanol–water partition coefficient (Wildman–Crippen LogP) is 2.25. The van der Waals surface area contributed by atoms with Crippen molar-refractivity contribution in [1.82, 2.24) is 4.90 Å². The molecular weight excluding hydrogens is 224 g/mol. The van der Waals surface area contributed by atoms with Crippen LogP contribution in [0.25, 0.3) is 0 Å². The van der Waals surface area contributed by atoms with E-state index >= 15 is 0 Å². The molecule has 0 aromatic carbocycles. The Labute approximate surface area is 112 Å². The summed E-state index contributed by atoms with van der Waals surface area (Å²) in [5.74, 6) is 1.67. The molecule has 2 fully saturated rings. The third-order valence-electron chi connectivity index (χ3n) is 5.14. The molecule has 1 heterocycles. The van der Waals surface area contributed by atoms with Gasteiger partial charge in [0.1, 0.15) is 0 Å². The van der Waals surface area contributed by atoms with Gasteiger partial charge in [0.25, 0.3) is 0 Å². The van der Waals surface area contributed by atoms with Gasteiger partial charge < -0.3 is 10.5 Å². The number of ether oxygens (including phenoxy) is 1. The highest BCUT2D eigenvalue weighted by Gasteiger charge is 2.31. The number of nitrogens with two attached hydrogens (primary N) is 1. The van der Waals surface area contributed by atoms with E-state index in [1.165, 1.54) is 38.5 Å². The maximum absolute atomic E-state index is 6.06. The Bertz CT molecular complexity index is 233. The summed E-state index contributed by atoms with van der Waals surface area (Å²) >= 11 is 0. The maximum Gasteiger partial charge on any atom is 0.0469 e. The Hall–Kier alpha value is -0.120. The van der Waals surface area contributed by atoms with Gasteiger partial charge in [0.15, 0.2) is 0 Å². The lowest BCUT2D eigenvalue weighted by molar-refractivity contribution is 0.0166. The summed E-state index contributed by atoms with van der Waals surface area (Å²) in [4.78, 5) is 2.60. The van der Waals surface area contributed by atoms with Crippen LogP contribution in [-0.2, 0) is 4.74 Å². The molecule has 2 rings (SSSR count). The quantitative estimate of drug-likeness (QED) is 0.836. The zero-order valence-electron chi connectivity index (χ0n) is 12.1.